The zero-order chi connectivity index (χ0) is 11.2. The summed E-state index contributed by atoms with van der Waals surface area (Å²) in [6.07, 6.45) is 11.9. The monoisotopic (exact) mass is 218 g/mol. The van der Waals surface area contributed by atoms with Crippen LogP contribution in [0.2, 0.25) is 0 Å². The highest BCUT2D eigenvalue weighted by molar-refractivity contribution is 5.38. The van der Waals surface area contributed by atoms with Crippen LogP contribution in [0.5, 0.6) is 0 Å². The zero-order valence-corrected chi connectivity index (χ0v) is 9.45. The minimum atomic E-state index is 0.460. The summed E-state index contributed by atoms with van der Waals surface area (Å²) in [7, 11) is 0. The van der Waals surface area contributed by atoms with Gasteiger partial charge in [0.25, 0.3) is 0 Å². The van der Waals surface area contributed by atoms with Gasteiger partial charge in [0, 0.05) is 6.54 Å². The number of anilines is 2. The fraction of sp³-hybridized carbons (Fsp3) is 0.500. The summed E-state index contributed by atoms with van der Waals surface area (Å²) in [6, 6.07) is 0. The second kappa shape index (κ2) is 5.49. The van der Waals surface area contributed by atoms with Gasteiger partial charge in [-0.3, -0.25) is 4.98 Å². The largest absolute Gasteiger partial charge is 0.382 e. The Hall–Kier alpha value is -1.58. The van der Waals surface area contributed by atoms with Gasteiger partial charge in [0.05, 0.1) is 12.4 Å². The molecule has 1 aromatic rings. The molecular weight excluding hydrogens is 200 g/mol. The molecule has 0 fully saturated rings. The molecular formula is C12H18N4. The Bertz CT molecular complexity index is 373. The SMILES string of the molecule is Nc1cncc(NCCC2=CCCCC2)n1. The molecule has 0 radical (unpaired) electrons. The molecule has 4 heteroatoms. The minimum absolute atomic E-state index is 0.460. The van der Waals surface area contributed by atoms with Crippen molar-refractivity contribution in [1.82, 2.24) is 9.97 Å². The molecule has 3 N–H and O–H groups in total. The first-order valence-corrected chi connectivity index (χ1v) is 5.84. The number of hydrogen-bond acceptors (Lipinski definition) is 4. The van der Waals surface area contributed by atoms with Crippen molar-refractivity contribution in [2.75, 3.05) is 17.6 Å². The number of allylic oxidation sites excluding steroid dienone is 1. The predicted octanol–water partition coefficient (Wildman–Crippen LogP) is 2.36. The van der Waals surface area contributed by atoms with Crippen molar-refractivity contribution in [2.45, 2.75) is 32.1 Å². The first kappa shape index (κ1) is 10.9. The van der Waals surface area contributed by atoms with Crippen LogP contribution in [0.1, 0.15) is 32.1 Å². The summed E-state index contributed by atoms with van der Waals surface area (Å²) < 4.78 is 0. The Balaban J connectivity index is 1.77. The lowest BCUT2D eigenvalue weighted by molar-refractivity contribution is 0.679. The van der Waals surface area contributed by atoms with Gasteiger partial charge in [-0.05, 0) is 32.1 Å². The summed E-state index contributed by atoms with van der Waals surface area (Å²) in [4.78, 5) is 8.13. The van der Waals surface area contributed by atoms with Gasteiger partial charge in [-0.1, -0.05) is 11.6 Å². The highest BCUT2D eigenvalue weighted by atomic mass is 15.0. The standard InChI is InChI=1S/C12H18N4/c13-11-8-14-9-12(16-11)15-7-6-10-4-2-1-3-5-10/h4,8-9H,1-3,5-7H2,(H3,13,15,16). The molecule has 0 atom stereocenters. The first-order valence-electron chi connectivity index (χ1n) is 5.84. The molecule has 2 rings (SSSR count). The number of nitrogens with one attached hydrogen (secondary N) is 1. The van der Waals surface area contributed by atoms with E-state index in [0.717, 1.165) is 18.8 Å². The van der Waals surface area contributed by atoms with Crippen molar-refractivity contribution in [1.29, 1.82) is 0 Å². The smallest absolute Gasteiger partial charge is 0.146 e. The van der Waals surface area contributed by atoms with Gasteiger partial charge in [-0.25, -0.2) is 4.98 Å². The van der Waals surface area contributed by atoms with Crippen molar-refractivity contribution in [3.05, 3.63) is 24.0 Å². The Morgan fingerprint density at radius 2 is 2.25 bits per heavy atom. The maximum absolute atomic E-state index is 5.55. The van der Waals surface area contributed by atoms with Crippen molar-refractivity contribution in [3.8, 4) is 0 Å². The summed E-state index contributed by atoms with van der Waals surface area (Å²) in [5, 5.41) is 3.24. The summed E-state index contributed by atoms with van der Waals surface area (Å²) in [6.45, 7) is 0.907. The quantitative estimate of drug-likeness (QED) is 0.761. The maximum atomic E-state index is 5.55. The van der Waals surface area contributed by atoms with Crippen LogP contribution in [0.25, 0.3) is 0 Å². The molecule has 1 aliphatic carbocycles. The minimum Gasteiger partial charge on any atom is -0.382 e. The van der Waals surface area contributed by atoms with E-state index in [2.05, 4.69) is 21.4 Å². The molecule has 0 bridgehead atoms. The molecule has 0 aromatic carbocycles. The van der Waals surface area contributed by atoms with Crippen molar-refractivity contribution in [3.63, 3.8) is 0 Å². The summed E-state index contributed by atoms with van der Waals surface area (Å²) in [5.41, 5.74) is 7.11. The first-order chi connectivity index (χ1) is 7.84. The van der Waals surface area contributed by atoms with Gasteiger partial charge in [-0.15, -0.1) is 0 Å². The van der Waals surface area contributed by atoms with Crippen LogP contribution in [-0.2, 0) is 0 Å². The maximum Gasteiger partial charge on any atom is 0.146 e. The molecule has 16 heavy (non-hydrogen) atoms. The summed E-state index contributed by atoms with van der Waals surface area (Å²) in [5.74, 6) is 1.22. The van der Waals surface area contributed by atoms with Crippen LogP contribution in [0.3, 0.4) is 0 Å². The van der Waals surface area contributed by atoms with E-state index >= 15 is 0 Å². The second-order valence-corrected chi connectivity index (χ2v) is 4.11. The number of nitrogens with two attached hydrogens (primary N) is 1. The lowest BCUT2D eigenvalue weighted by Gasteiger charge is -2.13. The van der Waals surface area contributed by atoms with Gasteiger partial charge >= 0.3 is 0 Å². The predicted molar refractivity (Wildman–Crippen MR) is 66.1 cm³/mol. The average Bonchev–Trinajstić information content (AvgIpc) is 2.30. The molecule has 0 saturated carbocycles. The molecule has 0 amide bonds. The topological polar surface area (TPSA) is 63.8 Å². The molecule has 0 unspecified atom stereocenters. The summed E-state index contributed by atoms with van der Waals surface area (Å²) >= 11 is 0. The third-order valence-electron chi connectivity index (χ3n) is 2.79. The number of nitrogen functional groups attached to an aromatic ring is 1. The van der Waals surface area contributed by atoms with E-state index in [1.54, 1.807) is 18.0 Å². The lowest BCUT2D eigenvalue weighted by Crippen LogP contribution is -2.07. The van der Waals surface area contributed by atoms with Crippen molar-refractivity contribution in [2.24, 2.45) is 0 Å². The molecule has 0 saturated heterocycles. The molecule has 1 aromatic heterocycles. The van der Waals surface area contributed by atoms with Crippen molar-refractivity contribution < 1.29 is 0 Å². The fourth-order valence-electron chi connectivity index (χ4n) is 1.95. The van der Waals surface area contributed by atoms with Gasteiger partial charge in [0.2, 0.25) is 0 Å². The average molecular weight is 218 g/mol. The van der Waals surface area contributed by atoms with E-state index in [4.69, 9.17) is 5.73 Å². The Kier molecular flexibility index (Phi) is 3.75. The highest BCUT2D eigenvalue weighted by Gasteiger charge is 2.03. The number of aromatic nitrogens is 2. The van der Waals surface area contributed by atoms with Crippen LogP contribution in [0, 0.1) is 0 Å². The number of hydrogen-bond donors (Lipinski definition) is 2. The lowest BCUT2D eigenvalue weighted by atomic mass is 9.97. The van der Waals surface area contributed by atoms with Crippen molar-refractivity contribution >= 4 is 11.6 Å². The van der Waals surface area contributed by atoms with Crippen LogP contribution in [-0.4, -0.2) is 16.5 Å². The zero-order valence-electron chi connectivity index (χ0n) is 9.45. The van der Waals surface area contributed by atoms with E-state index in [1.807, 2.05) is 0 Å². The van der Waals surface area contributed by atoms with E-state index in [-0.39, 0.29) is 0 Å². The fourth-order valence-corrected chi connectivity index (χ4v) is 1.95. The highest BCUT2D eigenvalue weighted by Crippen LogP contribution is 2.19. The van der Waals surface area contributed by atoms with Gasteiger partial charge in [-0.2, -0.15) is 0 Å². The molecule has 1 aliphatic rings. The second-order valence-electron chi connectivity index (χ2n) is 4.11. The van der Waals surface area contributed by atoms with Gasteiger partial charge in [0.15, 0.2) is 0 Å². The molecule has 0 aliphatic heterocycles. The van der Waals surface area contributed by atoms with Gasteiger partial charge < -0.3 is 11.1 Å². The molecule has 86 valence electrons. The Morgan fingerprint density at radius 1 is 1.31 bits per heavy atom. The Labute approximate surface area is 96.0 Å². The molecule has 4 nitrogen and oxygen atoms in total. The normalized spacial score (nSPS) is 15.6. The number of rotatable bonds is 4. The van der Waals surface area contributed by atoms with E-state index < -0.39 is 0 Å². The van der Waals surface area contributed by atoms with Crippen LogP contribution < -0.4 is 11.1 Å². The van der Waals surface area contributed by atoms with E-state index in [0.29, 0.717) is 5.82 Å². The van der Waals surface area contributed by atoms with Crippen LogP contribution in [0.15, 0.2) is 24.0 Å². The Morgan fingerprint density at radius 3 is 3.00 bits per heavy atom. The number of nitrogens with zero attached hydrogens (tertiary/aromatic N) is 2. The van der Waals surface area contributed by atoms with E-state index in [9.17, 15) is 0 Å². The van der Waals surface area contributed by atoms with E-state index in [1.165, 1.54) is 25.7 Å². The van der Waals surface area contributed by atoms with Crippen LogP contribution in [0.4, 0.5) is 11.6 Å². The third kappa shape index (κ3) is 3.22. The van der Waals surface area contributed by atoms with Gasteiger partial charge in [0.1, 0.15) is 11.6 Å². The van der Waals surface area contributed by atoms with Crippen LogP contribution >= 0.6 is 0 Å². The molecule has 1 heterocycles. The molecule has 0 spiro atoms. The third-order valence-corrected chi connectivity index (χ3v) is 2.79.